The first-order valence-electron chi connectivity index (χ1n) is 4.62. The molecule has 0 aromatic rings. The quantitative estimate of drug-likeness (QED) is 0.640. The highest BCUT2D eigenvalue weighted by Gasteiger charge is 2.43. The summed E-state index contributed by atoms with van der Waals surface area (Å²) in [4.78, 5) is 33.4. The molecule has 0 spiro atoms. The highest BCUT2D eigenvalue weighted by molar-refractivity contribution is 6.01. The van der Waals surface area contributed by atoms with E-state index >= 15 is 0 Å². The number of ketones is 2. The first-order valence-corrected chi connectivity index (χ1v) is 4.62. The SMILES string of the molecule is CC(C=O)C1CC(=O)C(C)(O)CC1=O. The van der Waals surface area contributed by atoms with E-state index in [1.54, 1.807) is 6.92 Å². The molecule has 1 aliphatic rings. The molecule has 0 bridgehead atoms. The predicted octanol–water partition coefficient (Wildman–Crippen LogP) is 0.121. The normalized spacial score (nSPS) is 35.5. The van der Waals surface area contributed by atoms with Crippen LogP contribution in [-0.4, -0.2) is 28.6 Å². The van der Waals surface area contributed by atoms with Gasteiger partial charge in [-0.05, 0) is 6.92 Å². The molecule has 0 saturated heterocycles. The van der Waals surface area contributed by atoms with Crippen molar-refractivity contribution in [1.82, 2.24) is 0 Å². The van der Waals surface area contributed by atoms with Gasteiger partial charge in [-0.15, -0.1) is 0 Å². The Morgan fingerprint density at radius 3 is 2.64 bits per heavy atom. The molecule has 1 N–H and O–H groups in total. The summed E-state index contributed by atoms with van der Waals surface area (Å²) in [6.45, 7) is 2.96. The van der Waals surface area contributed by atoms with Crippen molar-refractivity contribution in [3.8, 4) is 0 Å². The lowest BCUT2D eigenvalue weighted by atomic mass is 9.73. The van der Waals surface area contributed by atoms with E-state index < -0.39 is 17.4 Å². The second kappa shape index (κ2) is 3.61. The zero-order valence-corrected chi connectivity index (χ0v) is 8.32. The summed E-state index contributed by atoms with van der Waals surface area (Å²) in [7, 11) is 0. The summed E-state index contributed by atoms with van der Waals surface area (Å²) in [6.07, 6.45) is 0.482. The van der Waals surface area contributed by atoms with Crippen LogP contribution in [0.2, 0.25) is 0 Å². The van der Waals surface area contributed by atoms with Crippen LogP contribution in [0.25, 0.3) is 0 Å². The maximum Gasteiger partial charge on any atom is 0.165 e. The highest BCUT2D eigenvalue weighted by atomic mass is 16.3. The number of carbonyl (C=O) groups excluding carboxylic acids is 3. The van der Waals surface area contributed by atoms with E-state index in [-0.39, 0.29) is 24.4 Å². The number of aldehydes is 1. The van der Waals surface area contributed by atoms with Gasteiger partial charge >= 0.3 is 0 Å². The summed E-state index contributed by atoms with van der Waals surface area (Å²) < 4.78 is 0. The minimum absolute atomic E-state index is 0.0221. The predicted molar refractivity (Wildman–Crippen MR) is 48.6 cm³/mol. The summed E-state index contributed by atoms with van der Waals surface area (Å²) in [5, 5.41) is 9.53. The van der Waals surface area contributed by atoms with Gasteiger partial charge in [0.15, 0.2) is 5.78 Å². The van der Waals surface area contributed by atoms with E-state index in [1.165, 1.54) is 6.92 Å². The third-order valence-electron chi connectivity index (χ3n) is 2.79. The van der Waals surface area contributed by atoms with Crippen LogP contribution in [0.5, 0.6) is 0 Å². The Balaban J connectivity index is 2.82. The van der Waals surface area contributed by atoms with E-state index in [1.807, 2.05) is 0 Å². The Hall–Kier alpha value is -1.03. The molecule has 78 valence electrons. The minimum Gasteiger partial charge on any atom is -0.382 e. The van der Waals surface area contributed by atoms with Crippen molar-refractivity contribution in [2.45, 2.75) is 32.3 Å². The van der Waals surface area contributed by atoms with Gasteiger partial charge in [0, 0.05) is 24.7 Å². The monoisotopic (exact) mass is 198 g/mol. The molecule has 0 aliphatic heterocycles. The summed E-state index contributed by atoms with van der Waals surface area (Å²) in [5.41, 5.74) is -1.53. The molecular weight excluding hydrogens is 184 g/mol. The van der Waals surface area contributed by atoms with Crippen molar-refractivity contribution in [1.29, 1.82) is 0 Å². The zero-order valence-electron chi connectivity index (χ0n) is 8.32. The Morgan fingerprint density at radius 1 is 1.57 bits per heavy atom. The average Bonchev–Trinajstić information content (AvgIpc) is 2.09. The lowest BCUT2D eigenvalue weighted by Crippen LogP contribution is -2.47. The fourth-order valence-electron chi connectivity index (χ4n) is 1.68. The summed E-state index contributed by atoms with van der Waals surface area (Å²) >= 11 is 0. The molecule has 3 unspecified atom stereocenters. The Labute approximate surface area is 82.3 Å². The van der Waals surface area contributed by atoms with E-state index in [0.717, 1.165) is 0 Å². The van der Waals surface area contributed by atoms with Crippen LogP contribution in [0.1, 0.15) is 26.7 Å². The van der Waals surface area contributed by atoms with E-state index in [2.05, 4.69) is 0 Å². The van der Waals surface area contributed by atoms with Crippen LogP contribution < -0.4 is 0 Å². The number of Topliss-reactive ketones (excluding diaryl/α,β-unsaturated/α-hetero) is 2. The van der Waals surface area contributed by atoms with Crippen LogP contribution in [0.4, 0.5) is 0 Å². The van der Waals surface area contributed by atoms with Crippen LogP contribution in [0, 0.1) is 11.8 Å². The van der Waals surface area contributed by atoms with Crippen molar-refractivity contribution in [2.75, 3.05) is 0 Å². The molecule has 0 aromatic carbocycles. The Morgan fingerprint density at radius 2 is 2.14 bits per heavy atom. The van der Waals surface area contributed by atoms with Gasteiger partial charge in [0.05, 0.1) is 0 Å². The van der Waals surface area contributed by atoms with E-state index in [0.29, 0.717) is 6.29 Å². The number of hydrogen-bond donors (Lipinski definition) is 1. The summed E-state index contributed by atoms with van der Waals surface area (Å²) in [6, 6.07) is 0. The molecule has 1 saturated carbocycles. The molecule has 0 radical (unpaired) electrons. The molecule has 1 aliphatic carbocycles. The van der Waals surface area contributed by atoms with E-state index in [9.17, 15) is 19.5 Å². The first kappa shape index (κ1) is 11.0. The lowest BCUT2D eigenvalue weighted by Gasteiger charge is -2.31. The number of aliphatic hydroxyl groups is 1. The van der Waals surface area contributed by atoms with Gasteiger partial charge in [-0.2, -0.15) is 0 Å². The van der Waals surface area contributed by atoms with Gasteiger partial charge in [-0.3, -0.25) is 9.59 Å². The molecule has 4 heteroatoms. The lowest BCUT2D eigenvalue weighted by molar-refractivity contribution is -0.151. The third kappa shape index (κ3) is 1.90. The van der Waals surface area contributed by atoms with Gasteiger partial charge in [-0.25, -0.2) is 0 Å². The van der Waals surface area contributed by atoms with Crippen LogP contribution >= 0.6 is 0 Å². The molecule has 14 heavy (non-hydrogen) atoms. The van der Waals surface area contributed by atoms with Gasteiger partial charge in [0.2, 0.25) is 0 Å². The van der Waals surface area contributed by atoms with Crippen molar-refractivity contribution >= 4 is 17.9 Å². The number of hydrogen-bond acceptors (Lipinski definition) is 4. The highest BCUT2D eigenvalue weighted by Crippen LogP contribution is 2.29. The van der Waals surface area contributed by atoms with Crippen LogP contribution in [0.15, 0.2) is 0 Å². The third-order valence-corrected chi connectivity index (χ3v) is 2.79. The zero-order chi connectivity index (χ0) is 10.9. The van der Waals surface area contributed by atoms with Crippen LogP contribution in [0.3, 0.4) is 0 Å². The van der Waals surface area contributed by atoms with Crippen molar-refractivity contribution < 1.29 is 19.5 Å². The standard InChI is InChI=1S/C10H14O4/c1-6(5-11)7-3-9(13)10(2,14)4-8(7)12/h5-7,14H,3-4H2,1-2H3. The topological polar surface area (TPSA) is 71.4 Å². The smallest absolute Gasteiger partial charge is 0.165 e. The molecule has 0 heterocycles. The minimum atomic E-state index is -1.53. The molecule has 0 aromatic heterocycles. The van der Waals surface area contributed by atoms with Crippen molar-refractivity contribution in [2.24, 2.45) is 11.8 Å². The largest absolute Gasteiger partial charge is 0.382 e. The fourth-order valence-corrected chi connectivity index (χ4v) is 1.68. The van der Waals surface area contributed by atoms with E-state index in [4.69, 9.17) is 0 Å². The van der Waals surface area contributed by atoms with Gasteiger partial charge in [0.1, 0.15) is 17.7 Å². The number of carbonyl (C=O) groups is 3. The second-order valence-electron chi connectivity index (χ2n) is 4.15. The first-order chi connectivity index (χ1) is 6.38. The van der Waals surface area contributed by atoms with Crippen LogP contribution in [-0.2, 0) is 14.4 Å². The maximum atomic E-state index is 11.5. The Bertz CT molecular complexity index is 280. The average molecular weight is 198 g/mol. The van der Waals surface area contributed by atoms with Crippen molar-refractivity contribution in [3.05, 3.63) is 0 Å². The van der Waals surface area contributed by atoms with Gasteiger partial charge < -0.3 is 9.90 Å². The molecule has 3 atom stereocenters. The molecule has 4 nitrogen and oxygen atoms in total. The molecule has 0 amide bonds. The maximum absolute atomic E-state index is 11.5. The Kier molecular flexibility index (Phi) is 2.85. The molecule has 1 fully saturated rings. The molecular formula is C10H14O4. The summed E-state index contributed by atoms with van der Waals surface area (Å²) in [5.74, 6) is -1.53. The second-order valence-corrected chi connectivity index (χ2v) is 4.15. The van der Waals surface area contributed by atoms with Gasteiger partial charge in [0.25, 0.3) is 0 Å². The molecule has 1 rings (SSSR count). The van der Waals surface area contributed by atoms with Crippen molar-refractivity contribution in [3.63, 3.8) is 0 Å². The number of rotatable bonds is 2. The van der Waals surface area contributed by atoms with Gasteiger partial charge in [-0.1, -0.05) is 6.92 Å². The fraction of sp³-hybridized carbons (Fsp3) is 0.700.